The molecule has 0 atom stereocenters. The second kappa shape index (κ2) is 8.22. The Labute approximate surface area is 150 Å². The van der Waals surface area contributed by atoms with Crippen molar-refractivity contribution in [3.05, 3.63) is 70.8 Å². The number of hydrogen-bond acceptors (Lipinski definition) is 5. The molecule has 1 heterocycles. The Morgan fingerprint density at radius 3 is 2.77 bits per heavy atom. The van der Waals surface area contributed by atoms with E-state index in [0.717, 1.165) is 29.9 Å². The first kappa shape index (κ1) is 17.6. The maximum absolute atomic E-state index is 12.2. The van der Waals surface area contributed by atoms with Gasteiger partial charge in [0.25, 0.3) is 5.91 Å². The van der Waals surface area contributed by atoms with Gasteiger partial charge in [-0.15, -0.1) is 0 Å². The molecule has 1 amide bonds. The van der Waals surface area contributed by atoms with Crippen LogP contribution in [0.5, 0.6) is 5.75 Å². The maximum atomic E-state index is 12.2. The fourth-order valence-corrected chi connectivity index (χ4v) is 2.61. The number of nitrogens with one attached hydrogen (secondary N) is 1. The number of hydrogen-bond donors (Lipinski definition) is 2. The molecule has 26 heavy (non-hydrogen) atoms. The van der Waals surface area contributed by atoms with Crippen molar-refractivity contribution in [3.8, 4) is 5.75 Å². The minimum atomic E-state index is -0.615. The highest BCUT2D eigenvalue weighted by Crippen LogP contribution is 2.26. The predicted molar refractivity (Wildman–Crippen MR) is 97.6 cm³/mol. The molecule has 1 aliphatic heterocycles. The van der Waals surface area contributed by atoms with Gasteiger partial charge in [0, 0.05) is 18.1 Å². The van der Waals surface area contributed by atoms with Crippen LogP contribution in [0.2, 0.25) is 0 Å². The molecule has 1 aliphatic rings. The number of carbonyl (C=O) groups is 2. The van der Waals surface area contributed by atoms with Gasteiger partial charge in [0.2, 0.25) is 5.78 Å². The minimum Gasteiger partial charge on any atom is -0.493 e. The van der Waals surface area contributed by atoms with Crippen LogP contribution in [-0.4, -0.2) is 29.7 Å². The quantitative estimate of drug-likeness (QED) is 0.276. The summed E-state index contributed by atoms with van der Waals surface area (Å²) >= 11 is 0. The van der Waals surface area contributed by atoms with E-state index in [2.05, 4.69) is 11.1 Å². The van der Waals surface area contributed by atoms with Crippen molar-refractivity contribution >= 4 is 24.0 Å². The van der Waals surface area contributed by atoms with Crippen molar-refractivity contribution in [2.45, 2.75) is 13.0 Å². The summed E-state index contributed by atoms with van der Waals surface area (Å²) in [6, 6.07) is 12.7. The van der Waals surface area contributed by atoms with E-state index < -0.39 is 5.91 Å². The summed E-state index contributed by atoms with van der Waals surface area (Å²) in [5.41, 5.74) is 4.99. The van der Waals surface area contributed by atoms with E-state index in [4.69, 9.17) is 9.94 Å². The summed E-state index contributed by atoms with van der Waals surface area (Å²) in [7, 11) is 0. The van der Waals surface area contributed by atoms with Crippen molar-refractivity contribution in [1.29, 1.82) is 0 Å². The van der Waals surface area contributed by atoms with E-state index in [9.17, 15) is 9.59 Å². The van der Waals surface area contributed by atoms with Crippen LogP contribution in [0.1, 0.15) is 27.0 Å². The van der Waals surface area contributed by atoms with Crippen molar-refractivity contribution in [1.82, 2.24) is 5.48 Å². The maximum Gasteiger partial charge on any atom is 0.267 e. The topological polar surface area (TPSA) is 88.0 Å². The Morgan fingerprint density at radius 1 is 1.19 bits per heavy atom. The van der Waals surface area contributed by atoms with E-state index in [1.807, 2.05) is 12.1 Å². The van der Waals surface area contributed by atoms with Gasteiger partial charge in [-0.3, -0.25) is 19.8 Å². The van der Waals surface area contributed by atoms with E-state index in [1.54, 1.807) is 24.3 Å². The molecule has 3 rings (SSSR count). The number of Topliss-reactive ketones (excluding diaryl/α,β-unsaturated/α-hetero) is 1. The van der Waals surface area contributed by atoms with Gasteiger partial charge in [0.05, 0.1) is 19.4 Å². The predicted octanol–water partition coefficient (Wildman–Crippen LogP) is 2.59. The van der Waals surface area contributed by atoms with Gasteiger partial charge < -0.3 is 4.74 Å². The molecule has 0 radical (unpaired) electrons. The second-order valence-corrected chi connectivity index (χ2v) is 5.81. The van der Waals surface area contributed by atoms with E-state index in [-0.39, 0.29) is 5.78 Å². The lowest BCUT2D eigenvalue weighted by Gasteiger charge is -2.01. The van der Waals surface area contributed by atoms with Gasteiger partial charge in [0.15, 0.2) is 0 Å². The van der Waals surface area contributed by atoms with Gasteiger partial charge in [0.1, 0.15) is 5.75 Å². The number of ether oxygens (including phenoxy) is 1. The molecule has 132 valence electrons. The summed E-state index contributed by atoms with van der Waals surface area (Å²) in [6.07, 6.45) is 4.96. The molecule has 0 bridgehead atoms. The van der Waals surface area contributed by atoms with Crippen molar-refractivity contribution in [2.24, 2.45) is 4.99 Å². The molecule has 0 spiro atoms. The third-order valence-electron chi connectivity index (χ3n) is 3.97. The molecule has 6 heteroatoms. The molecule has 0 aromatic heterocycles. The summed E-state index contributed by atoms with van der Waals surface area (Å²) in [4.78, 5) is 27.3. The first-order valence-electron chi connectivity index (χ1n) is 8.16. The van der Waals surface area contributed by atoms with Crippen LogP contribution in [0.15, 0.2) is 53.5 Å². The third kappa shape index (κ3) is 4.43. The van der Waals surface area contributed by atoms with Crippen LogP contribution in [0.4, 0.5) is 0 Å². The summed E-state index contributed by atoms with van der Waals surface area (Å²) in [6.45, 7) is 1.16. The largest absolute Gasteiger partial charge is 0.493 e. The summed E-state index contributed by atoms with van der Waals surface area (Å²) in [5.74, 6) is 0.132. The van der Waals surface area contributed by atoms with Crippen LogP contribution in [0.25, 0.3) is 6.08 Å². The smallest absolute Gasteiger partial charge is 0.267 e. The Balaban J connectivity index is 1.58. The van der Waals surface area contributed by atoms with Gasteiger partial charge in [-0.1, -0.05) is 36.4 Å². The van der Waals surface area contributed by atoms with Crippen LogP contribution in [0, 0.1) is 0 Å². The van der Waals surface area contributed by atoms with Crippen molar-refractivity contribution < 1.29 is 19.5 Å². The number of hydroxylamine groups is 1. The van der Waals surface area contributed by atoms with Crippen LogP contribution in [0.3, 0.4) is 0 Å². The lowest BCUT2D eigenvalue weighted by Crippen LogP contribution is -2.14. The number of amides is 1. The Hall–Kier alpha value is -3.25. The number of benzene rings is 2. The number of aliphatic imine (C=N–C) groups is 1. The molecule has 0 aliphatic carbocycles. The minimum absolute atomic E-state index is 0.182. The molecule has 0 saturated heterocycles. The lowest BCUT2D eigenvalue weighted by atomic mass is 10.1. The van der Waals surface area contributed by atoms with Gasteiger partial charge in [-0.05, 0) is 28.8 Å². The lowest BCUT2D eigenvalue weighted by molar-refractivity contribution is -0.124. The molecular weight excluding hydrogens is 332 g/mol. The first-order valence-corrected chi connectivity index (χ1v) is 8.16. The fourth-order valence-electron chi connectivity index (χ4n) is 2.61. The number of ketones is 1. The monoisotopic (exact) mass is 350 g/mol. The van der Waals surface area contributed by atoms with Crippen LogP contribution >= 0.6 is 0 Å². The number of carbonyl (C=O) groups excluding carboxylic acids is 2. The highest BCUT2D eigenvalue weighted by atomic mass is 16.5. The van der Waals surface area contributed by atoms with Gasteiger partial charge in [-0.25, -0.2) is 5.48 Å². The van der Waals surface area contributed by atoms with Crippen LogP contribution < -0.4 is 10.2 Å². The fraction of sp³-hybridized carbons (Fsp3) is 0.150. The van der Waals surface area contributed by atoms with Gasteiger partial charge in [-0.2, -0.15) is 0 Å². The molecular formula is C20H18N2O4. The van der Waals surface area contributed by atoms with Gasteiger partial charge >= 0.3 is 0 Å². The molecule has 0 saturated carbocycles. The molecule has 6 nitrogen and oxygen atoms in total. The number of fused-ring (bicyclic) bond motifs is 1. The van der Waals surface area contributed by atoms with Crippen molar-refractivity contribution in [3.63, 3.8) is 0 Å². The highest BCUT2D eigenvalue weighted by Gasteiger charge is 2.11. The zero-order valence-electron chi connectivity index (χ0n) is 14.0. The Morgan fingerprint density at radius 2 is 2.00 bits per heavy atom. The average Bonchev–Trinajstić information content (AvgIpc) is 3.14. The normalized spacial score (nSPS) is 13.0. The van der Waals surface area contributed by atoms with E-state index >= 15 is 0 Å². The Bertz CT molecular complexity index is 870. The zero-order valence-corrected chi connectivity index (χ0v) is 14.0. The third-order valence-corrected chi connectivity index (χ3v) is 3.97. The van der Waals surface area contributed by atoms with Crippen LogP contribution in [-0.2, 0) is 17.8 Å². The Kier molecular flexibility index (Phi) is 5.56. The standard InChI is InChI=1S/C20H18N2O4/c23-18(16-5-1-14(2-6-16)4-8-20(24)22-25)13-21-12-15-3-7-19-17(11-15)9-10-26-19/h1-8,11,13,25H,9-10,12H2,(H,22,24)/b8-4+,21-13?. The summed E-state index contributed by atoms with van der Waals surface area (Å²) < 4.78 is 5.47. The zero-order chi connectivity index (χ0) is 18.4. The highest BCUT2D eigenvalue weighted by molar-refractivity contribution is 6.35. The second-order valence-electron chi connectivity index (χ2n) is 5.81. The number of nitrogens with zero attached hydrogens (tertiary/aromatic N) is 1. The summed E-state index contributed by atoms with van der Waals surface area (Å²) in [5, 5.41) is 8.42. The first-order chi connectivity index (χ1) is 12.7. The molecule has 2 N–H and O–H groups in total. The molecule has 0 fully saturated rings. The SMILES string of the molecule is O=C(/C=C/c1ccc(C(=O)C=NCc2ccc3c(c2)CCO3)cc1)NO. The molecule has 0 unspecified atom stereocenters. The molecule has 2 aromatic carbocycles. The van der Waals surface area contributed by atoms with Crippen molar-refractivity contribution in [2.75, 3.05) is 6.61 Å². The van der Waals surface area contributed by atoms with E-state index in [1.165, 1.54) is 29.4 Å². The molecule has 2 aromatic rings. The number of rotatable bonds is 6. The average molecular weight is 350 g/mol. The van der Waals surface area contributed by atoms with E-state index in [0.29, 0.717) is 12.1 Å².